The van der Waals surface area contributed by atoms with Crippen LogP contribution in [-0.4, -0.2) is 23.4 Å². The van der Waals surface area contributed by atoms with Crippen LogP contribution in [0.1, 0.15) is 5.56 Å². The fourth-order valence-corrected chi connectivity index (χ4v) is 3.11. The van der Waals surface area contributed by atoms with E-state index in [0.717, 1.165) is 0 Å². The molecule has 0 aliphatic carbocycles. The molecule has 1 aromatic heterocycles. The summed E-state index contributed by atoms with van der Waals surface area (Å²) in [6.45, 7) is 0. The third kappa shape index (κ3) is 3.42. The number of halogens is 2. The molecule has 0 aliphatic heterocycles. The first-order chi connectivity index (χ1) is 13.6. The van der Waals surface area contributed by atoms with Crippen LogP contribution in [0, 0.1) is 0 Å². The average Bonchev–Trinajstić information content (AvgIpc) is 3.12. The molecule has 140 valence electrons. The van der Waals surface area contributed by atoms with Crippen LogP contribution in [0.3, 0.4) is 0 Å². The van der Waals surface area contributed by atoms with E-state index in [1.807, 2.05) is 0 Å². The van der Waals surface area contributed by atoms with Gasteiger partial charge in [0.25, 0.3) is 0 Å². The molecule has 1 N–H and O–H groups in total. The van der Waals surface area contributed by atoms with Crippen molar-refractivity contribution in [1.82, 2.24) is 4.98 Å². The van der Waals surface area contributed by atoms with Crippen molar-refractivity contribution >= 4 is 46.2 Å². The number of aliphatic imine (C=N–C) groups is 1. The Morgan fingerprint density at radius 2 is 1.93 bits per heavy atom. The maximum Gasteiger partial charge on any atom is 0.228 e. The number of hydrogen-bond donors (Lipinski definition) is 1. The molecule has 0 saturated carbocycles. The third-order valence-corrected chi connectivity index (χ3v) is 4.97. The first kappa shape index (κ1) is 18.3. The molecule has 0 fully saturated rings. The SMILES string of the molecule is COc1cccc(C=Nc2ccc3oc(-c4cccc(Cl)c4Cl)nc3c2)c1O. The number of aromatic hydroxyl groups is 1. The lowest BCUT2D eigenvalue weighted by molar-refractivity contribution is 0.373. The summed E-state index contributed by atoms with van der Waals surface area (Å²) in [6.07, 6.45) is 1.56. The standard InChI is InChI=1S/C21H14Cl2N2O3/c1-27-18-7-2-4-12(20(18)26)11-24-13-8-9-17-16(10-13)25-21(28-17)14-5-3-6-15(22)19(14)23/h2-11,26H,1H3. The van der Waals surface area contributed by atoms with Crippen molar-refractivity contribution in [3.8, 4) is 23.0 Å². The molecule has 0 unspecified atom stereocenters. The molecule has 28 heavy (non-hydrogen) atoms. The number of hydrogen-bond acceptors (Lipinski definition) is 5. The van der Waals surface area contributed by atoms with Gasteiger partial charge in [0.1, 0.15) is 5.52 Å². The lowest BCUT2D eigenvalue weighted by Gasteiger charge is -2.04. The molecule has 4 rings (SSSR count). The van der Waals surface area contributed by atoms with Gasteiger partial charge in [0.2, 0.25) is 5.89 Å². The summed E-state index contributed by atoms with van der Waals surface area (Å²) in [5.41, 5.74) is 3.07. The normalized spacial score (nSPS) is 11.4. The number of para-hydroxylation sites is 1. The van der Waals surface area contributed by atoms with Crippen molar-refractivity contribution < 1.29 is 14.3 Å². The smallest absolute Gasteiger partial charge is 0.228 e. The second kappa shape index (κ2) is 7.54. The van der Waals surface area contributed by atoms with Gasteiger partial charge in [-0.3, -0.25) is 4.99 Å². The summed E-state index contributed by atoms with van der Waals surface area (Å²) in [7, 11) is 1.50. The molecule has 5 nitrogen and oxygen atoms in total. The van der Waals surface area contributed by atoms with Crippen LogP contribution in [0.5, 0.6) is 11.5 Å². The number of aromatic nitrogens is 1. The number of benzene rings is 3. The molecule has 1 heterocycles. The highest BCUT2D eigenvalue weighted by atomic mass is 35.5. The van der Waals surface area contributed by atoms with Crippen molar-refractivity contribution in [3.63, 3.8) is 0 Å². The van der Waals surface area contributed by atoms with E-state index in [2.05, 4.69) is 9.98 Å². The zero-order valence-electron chi connectivity index (χ0n) is 14.7. The van der Waals surface area contributed by atoms with Gasteiger partial charge < -0.3 is 14.3 Å². The van der Waals surface area contributed by atoms with E-state index in [1.165, 1.54) is 7.11 Å². The Balaban J connectivity index is 1.68. The predicted octanol–water partition coefficient (Wildman–Crippen LogP) is 6.27. The number of nitrogens with zero attached hydrogens (tertiary/aromatic N) is 2. The largest absolute Gasteiger partial charge is 0.504 e. The second-order valence-corrected chi connectivity index (χ2v) is 6.71. The van der Waals surface area contributed by atoms with E-state index < -0.39 is 0 Å². The van der Waals surface area contributed by atoms with Gasteiger partial charge in [-0.05, 0) is 42.5 Å². The number of oxazole rings is 1. The van der Waals surface area contributed by atoms with Crippen LogP contribution in [0.15, 0.2) is 64.0 Å². The fraction of sp³-hybridized carbons (Fsp3) is 0.0476. The minimum atomic E-state index is 0.0362. The highest BCUT2D eigenvalue weighted by molar-refractivity contribution is 6.43. The van der Waals surface area contributed by atoms with Crippen LogP contribution in [0.4, 0.5) is 5.69 Å². The second-order valence-electron chi connectivity index (χ2n) is 5.93. The first-order valence-electron chi connectivity index (χ1n) is 8.32. The van der Waals surface area contributed by atoms with Crippen molar-refractivity contribution in [2.75, 3.05) is 7.11 Å². The van der Waals surface area contributed by atoms with Gasteiger partial charge >= 0.3 is 0 Å². The first-order valence-corrected chi connectivity index (χ1v) is 9.07. The van der Waals surface area contributed by atoms with E-state index in [1.54, 1.807) is 60.8 Å². The number of rotatable bonds is 4. The predicted molar refractivity (Wildman–Crippen MR) is 111 cm³/mol. The van der Waals surface area contributed by atoms with Crippen molar-refractivity contribution in [2.24, 2.45) is 4.99 Å². The minimum Gasteiger partial charge on any atom is -0.504 e. The Morgan fingerprint density at radius 1 is 1.11 bits per heavy atom. The maximum absolute atomic E-state index is 10.1. The summed E-state index contributed by atoms with van der Waals surface area (Å²) < 4.78 is 10.9. The monoisotopic (exact) mass is 412 g/mol. The van der Waals surface area contributed by atoms with Crippen molar-refractivity contribution in [2.45, 2.75) is 0 Å². The summed E-state index contributed by atoms with van der Waals surface area (Å²) in [5.74, 6) is 0.808. The zero-order valence-corrected chi connectivity index (χ0v) is 16.2. The molecule has 0 spiro atoms. The van der Waals surface area contributed by atoms with Crippen molar-refractivity contribution in [3.05, 3.63) is 70.2 Å². The summed E-state index contributed by atoms with van der Waals surface area (Å²) in [6, 6.07) is 15.9. The molecule has 0 atom stereocenters. The molecule has 7 heteroatoms. The Hall–Kier alpha value is -3.02. The van der Waals surface area contributed by atoms with Gasteiger partial charge in [0, 0.05) is 11.8 Å². The Morgan fingerprint density at radius 3 is 2.75 bits per heavy atom. The summed E-state index contributed by atoms with van der Waals surface area (Å²) in [4.78, 5) is 8.90. The average molecular weight is 413 g/mol. The number of fused-ring (bicyclic) bond motifs is 1. The van der Waals surface area contributed by atoms with Gasteiger partial charge in [-0.1, -0.05) is 35.3 Å². The molecule has 0 saturated heterocycles. The number of ether oxygens (including phenoxy) is 1. The highest BCUT2D eigenvalue weighted by Gasteiger charge is 2.14. The zero-order chi connectivity index (χ0) is 19.7. The number of methoxy groups -OCH3 is 1. The topological polar surface area (TPSA) is 67.9 Å². The molecule has 0 aliphatic rings. The highest BCUT2D eigenvalue weighted by Crippen LogP contribution is 2.35. The third-order valence-electron chi connectivity index (χ3n) is 4.16. The molecule has 0 bridgehead atoms. The Bertz CT molecular complexity index is 1200. The van der Waals surface area contributed by atoms with Crippen LogP contribution in [0.2, 0.25) is 10.0 Å². The van der Waals surface area contributed by atoms with Gasteiger partial charge in [0.15, 0.2) is 17.1 Å². The van der Waals surface area contributed by atoms with Gasteiger partial charge in [-0.15, -0.1) is 0 Å². The van der Waals surface area contributed by atoms with Gasteiger partial charge in [-0.2, -0.15) is 0 Å². The lowest BCUT2D eigenvalue weighted by atomic mass is 10.2. The van der Waals surface area contributed by atoms with Gasteiger partial charge in [-0.25, -0.2) is 4.98 Å². The summed E-state index contributed by atoms with van der Waals surface area (Å²) >= 11 is 12.3. The van der Waals surface area contributed by atoms with Crippen molar-refractivity contribution in [1.29, 1.82) is 0 Å². The fourth-order valence-electron chi connectivity index (χ4n) is 2.73. The molecule has 3 aromatic carbocycles. The molecule has 0 radical (unpaired) electrons. The van der Waals surface area contributed by atoms with E-state index in [9.17, 15) is 5.11 Å². The molecule has 0 amide bonds. The molecule has 4 aromatic rings. The molecular weight excluding hydrogens is 399 g/mol. The minimum absolute atomic E-state index is 0.0362. The molecular formula is C21H14Cl2N2O3. The summed E-state index contributed by atoms with van der Waals surface area (Å²) in [5, 5.41) is 11.0. The van der Waals surface area contributed by atoms with E-state index in [-0.39, 0.29) is 5.75 Å². The maximum atomic E-state index is 10.1. The van der Waals surface area contributed by atoms with E-state index in [4.69, 9.17) is 32.4 Å². The van der Waals surface area contributed by atoms with E-state index >= 15 is 0 Å². The van der Waals surface area contributed by atoms with Crippen LogP contribution < -0.4 is 4.74 Å². The Kier molecular flexibility index (Phi) is 4.94. The number of phenols is 1. The lowest BCUT2D eigenvalue weighted by Crippen LogP contribution is -1.88. The van der Waals surface area contributed by atoms with Gasteiger partial charge in [0.05, 0.1) is 28.4 Å². The number of phenolic OH excluding ortho intramolecular Hbond substituents is 1. The van der Waals surface area contributed by atoms with Crippen LogP contribution in [-0.2, 0) is 0 Å². The quantitative estimate of drug-likeness (QED) is 0.401. The van der Waals surface area contributed by atoms with Crippen LogP contribution in [0.25, 0.3) is 22.6 Å². The Labute approximate surface area is 170 Å². The van der Waals surface area contributed by atoms with E-state index in [0.29, 0.717) is 49.6 Å². The van der Waals surface area contributed by atoms with Crippen LogP contribution >= 0.6 is 23.2 Å².